The molecule has 0 aliphatic rings. The average Bonchev–Trinajstić information content (AvgIpc) is 2.12. The molecule has 1 atom stereocenters. The summed E-state index contributed by atoms with van der Waals surface area (Å²) in [4.78, 5) is 21.6. The molecule has 0 heterocycles. The van der Waals surface area contributed by atoms with Crippen LogP contribution in [0.4, 0.5) is 4.79 Å². The molecule has 0 aromatic heterocycles. The van der Waals surface area contributed by atoms with Gasteiger partial charge in [0.1, 0.15) is 6.04 Å². The summed E-state index contributed by atoms with van der Waals surface area (Å²) in [6.07, 6.45) is -1.16. The second-order valence-electron chi connectivity index (χ2n) is 3.50. The van der Waals surface area contributed by atoms with Gasteiger partial charge in [-0.05, 0) is 12.8 Å². The smallest absolute Gasteiger partial charge is 0.421 e. The van der Waals surface area contributed by atoms with Crippen molar-refractivity contribution in [2.45, 2.75) is 26.8 Å². The summed E-state index contributed by atoms with van der Waals surface area (Å²) < 4.78 is 30.4. The minimum absolute atomic E-state index is 0.00783. The van der Waals surface area contributed by atoms with Crippen LogP contribution < -0.4 is 9.44 Å². The van der Waals surface area contributed by atoms with Crippen LogP contribution in [0.15, 0.2) is 0 Å². The number of carbonyl (C=O) groups is 2. The fraction of sp³-hybridized carbons (Fsp3) is 0.750. The predicted molar refractivity (Wildman–Crippen MR) is 58.5 cm³/mol. The molecule has 0 aromatic carbocycles. The summed E-state index contributed by atoms with van der Waals surface area (Å²) in [6.45, 7) is 4.58. The van der Waals surface area contributed by atoms with Crippen molar-refractivity contribution in [3.8, 4) is 0 Å². The molecule has 0 aliphatic heterocycles. The molecule has 9 heteroatoms. The quantitative estimate of drug-likeness (QED) is 0.606. The Morgan fingerprint density at radius 1 is 1.35 bits per heavy atom. The van der Waals surface area contributed by atoms with E-state index in [1.807, 2.05) is 4.72 Å². The van der Waals surface area contributed by atoms with E-state index >= 15 is 0 Å². The van der Waals surface area contributed by atoms with Crippen LogP contribution in [0.1, 0.15) is 20.8 Å². The Balaban J connectivity index is 4.63. The van der Waals surface area contributed by atoms with E-state index in [0.717, 1.165) is 0 Å². The molecular formula is C8H16N2O6S. The lowest BCUT2D eigenvalue weighted by Crippen LogP contribution is -2.50. The van der Waals surface area contributed by atoms with Crippen LogP contribution in [0.3, 0.4) is 0 Å². The molecule has 0 rings (SSSR count). The number of carboxylic acids is 1. The van der Waals surface area contributed by atoms with Crippen molar-refractivity contribution in [1.29, 1.82) is 0 Å². The highest BCUT2D eigenvalue weighted by Crippen LogP contribution is 2.02. The lowest BCUT2D eigenvalue weighted by molar-refractivity contribution is -0.140. The van der Waals surface area contributed by atoms with E-state index < -0.39 is 34.2 Å². The maximum Gasteiger partial charge on any atom is 0.421 e. The third kappa shape index (κ3) is 6.07. The molecule has 0 spiro atoms. The molecule has 0 radical (unpaired) electrons. The Labute approximate surface area is 99.5 Å². The third-order valence-corrected chi connectivity index (χ3v) is 2.71. The van der Waals surface area contributed by atoms with Crippen molar-refractivity contribution < 1.29 is 27.9 Å². The Morgan fingerprint density at radius 3 is 2.24 bits per heavy atom. The van der Waals surface area contributed by atoms with Gasteiger partial charge in [-0.25, -0.2) is 9.52 Å². The van der Waals surface area contributed by atoms with Gasteiger partial charge in [0.15, 0.2) is 0 Å². The molecule has 0 aromatic rings. The molecule has 0 aliphatic carbocycles. The normalized spacial score (nSPS) is 13.2. The number of amides is 1. The molecule has 17 heavy (non-hydrogen) atoms. The number of carboxylic acid groups (broad SMARTS) is 1. The molecule has 0 bridgehead atoms. The van der Waals surface area contributed by atoms with Gasteiger partial charge in [-0.2, -0.15) is 13.1 Å². The maximum absolute atomic E-state index is 11.3. The number of nitrogens with one attached hydrogen (secondary N) is 2. The van der Waals surface area contributed by atoms with Gasteiger partial charge in [0.05, 0.1) is 6.61 Å². The van der Waals surface area contributed by atoms with Crippen LogP contribution in [0.2, 0.25) is 0 Å². The van der Waals surface area contributed by atoms with Gasteiger partial charge in [0.25, 0.3) is 0 Å². The number of carbonyl (C=O) groups excluding carboxylic acids is 1. The molecule has 1 unspecified atom stereocenters. The highest BCUT2D eigenvalue weighted by atomic mass is 32.2. The number of aliphatic carboxylic acids is 1. The number of rotatable bonds is 6. The topological polar surface area (TPSA) is 122 Å². The van der Waals surface area contributed by atoms with Crippen LogP contribution in [0.25, 0.3) is 0 Å². The van der Waals surface area contributed by atoms with E-state index in [0.29, 0.717) is 0 Å². The van der Waals surface area contributed by atoms with E-state index in [-0.39, 0.29) is 6.61 Å². The second kappa shape index (κ2) is 6.40. The fourth-order valence-corrected chi connectivity index (χ4v) is 1.98. The van der Waals surface area contributed by atoms with Gasteiger partial charge >= 0.3 is 22.3 Å². The Hall–Kier alpha value is -1.35. The van der Waals surface area contributed by atoms with E-state index in [9.17, 15) is 18.0 Å². The van der Waals surface area contributed by atoms with Gasteiger partial charge in [-0.15, -0.1) is 0 Å². The highest BCUT2D eigenvalue weighted by Gasteiger charge is 2.28. The molecule has 1 amide bonds. The van der Waals surface area contributed by atoms with Crippen molar-refractivity contribution in [3.05, 3.63) is 0 Å². The molecule has 8 nitrogen and oxygen atoms in total. The Kier molecular flexibility index (Phi) is 5.89. The molecule has 3 N–H and O–H groups in total. The molecule has 0 saturated carbocycles. The zero-order valence-electron chi connectivity index (χ0n) is 9.76. The number of ether oxygens (including phenoxy) is 1. The van der Waals surface area contributed by atoms with Crippen molar-refractivity contribution >= 4 is 22.3 Å². The van der Waals surface area contributed by atoms with Crippen molar-refractivity contribution in [2.24, 2.45) is 5.92 Å². The minimum Gasteiger partial charge on any atom is -0.480 e. The van der Waals surface area contributed by atoms with Gasteiger partial charge in [-0.3, -0.25) is 4.79 Å². The zero-order valence-corrected chi connectivity index (χ0v) is 10.6. The maximum atomic E-state index is 11.3. The first kappa shape index (κ1) is 15.7. The lowest BCUT2D eigenvalue weighted by atomic mass is 10.1. The van der Waals surface area contributed by atoms with Gasteiger partial charge in [-0.1, -0.05) is 13.8 Å². The second-order valence-corrected chi connectivity index (χ2v) is 4.95. The Morgan fingerprint density at radius 2 is 1.88 bits per heavy atom. The van der Waals surface area contributed by atoms with Crippen LogP contribution in [-0.4, -0.2) is 38.2 Å². The predicted octanol–water partition coefficient (Wildman–Crippen LogP) is -0.324. The minimum atomic E-state index is -4.25. The van der Waals surface area contributed by atoms with E-state index in [4.69, 9.17) is 5.11 Å². The third-order valence-electron chi connectivity index (χ3n) is 1.71. The molecular weight excluding hydrogens is 252 g/mol. The summed E-state index contributed by atoms with van der Waals surface area (Å²) in [5.74, 6) is -1.79. The summed E-state index contributed by atoms with van der Waals surface area (Å²) in [5, 5.41) is 8.77. The summed E-state index contributed by atoms with van der Waals surface area (Å²) in [6, 6.07) is -1.32. The van der Waals surface area contributed by atoms with Gasteiger partial charge in [0, 0.05) is 0 Å². The monoisotopic (exact) mass is 268 g/mol. The first-order chi connectivity index (χ1) is 7.69. The summed E-state index contributed by atoms with van der Waals surface area (Å²) in [7, 11) is -4.25. The zero-order chi connectivity index (χ0) is 13.6. The van der Waals surface area contributed by atoms with Crippen LogP contribution in [0.5, 0.6) is 0 Å². The first-order valence-electron chi connectivity index (χ1n) is 4.89. The largest absolute Gasteiger partial charge is 0.480 e. The number of hydrogen-bond acceptors (Lipinski definition) is 5. The van der Waals surface area contributed by atoms with E-state index in [1.165, 1.54) is 25.5 Å². The molecule has 0 fully saturated rings. The van der Waals surface area contributed by atoms with Crippen molar-refractivity contribution in [1.82, 2.24) is 9.44 Å². The Bertz CT molecular complexity index is 377. The summed E-state index contributed by atoms with van der Waals surface area (Å²) in [5.41, 5.74) is 0. The lowest BCUT2D eigenvalue weighted by Gasteiger charge is -2.17. The van der Waals surface area contributed by atoms with Crippen LogP contribution in [0, 0.1) is 5.92 Å². The highest BCUT2D eigenvalue weighted by molar-refractivity contribution is 7.88. The SMILES string of the molecule is CCOC(=O)NS(=O)(=O)NC(C(=O)O)C(C)C. The van der Waals surface area contributed by atoms with E-state index in [1.54, 1.807) is 0 Å². The molecule has 0 saturated heterocycles. The average molecular weight is 268 g/mol. The van der Waals surface area contributed by atoms with Gasteiger partial charge < -0.3 is 9.84 Å². The van der Waals surface area contributed by atoms with Crippen LogP contribution in [-0.2, 0) is 19.7 Å². The van der Waals surface area contributed by atoms with Crippen molar-refractivity contribution in [3.63, 3.8) is 0 Å². The number of hydrogen-bond donors (Lipinski definition) is 3. The molecule has 100 valence electrons. The first-order valence-corrected chi connectivity index (χ1v) is 6.37. The summed E-state index contributed by atoms with van der Waals surface area (Å²) >= 11 is 0. The fourth-order valence-electron chi connectivity index (χ4n) is 0.939. The van der Waals surface area contributed by atoms with Gasteiger partial charge in [0.2, 0.25) is 0 Å². The van der Waals surface area contributed by atoms with Crippen molar-refractivity contribution in [2.75, 3.05) is 6.61 Å². The van der Waals surface area contributed by atoms with Crippen LogP contribution >= 0.6 is 0 Å². The standard InChI is InChI=1S/C8H16N2O6S/c1-4-16-8(13)10-17(14,15)9-6(5(2)3)7(11)12/h5-6,9H,4H2,1-3H3,(H,10,13)(H,11,12). The van der Waals surface area contributed by atoms with E-state index in [2.05, 4.69) is 4.74 Å².